The maximum Gasteiger partial charge on any atom is 0.418 e. The van der Waals surface area contributed by atoms with Crippen molar-refractivity contribution in [2.24, 2.45) is 0 Å². The third kappa shape index (κ3) is 3.57. The van der Waals surface area contributed by atoms with E-state index in [1.807, 2.05) is 0 Å². The number of nitrogens with zero attached hydrogens (tertiary/aromatic N) is 2. The Bertz CT molecular complexity index is 437. The molecule has 6 heteroatoms. The number of rotatable bonds is 4. The van der Waals surface area contributed by atoms with Crippen molar-refractivity contribution in [3.8, 4) is 6.07 Å². The summed E-state index contributed by atoms with van der Waals surface area (Å²) in [5.74, 6) is 0. The van der Waals surface area contributed by atoms with Crippen LogP contribution in [0.5, 0.6) is 0 Å². The molecule has 1 unspecified atom stereocenters. The molecule has 3 nitrogen and oxygen atoms in total. The van der Waals surface area contributed by atoms with E-state index in [0.717, 1.165) is 12.3 Å². The van der Waals surface area contributed by atoms with Gasteiger partial charge in [-0.15, -0.1) is 6.58 Å². The zero-order valence-corrected chi connectivity index (χ0v) is 8.74. The molecule has 0 aliphatic rings. The molecule has 0 aromatic carbocycles. The largest absolute Gasteiger partial charge is 0.418 e. The molecule has 1 aromatic rings. The number of halogens is 3. The molecular weight excluding hydrogens is 233 g/mol. The second-order valence-corrected chi connectivity index (χ2v) is 3.13. The predicted molar refractivity (Wildman–Crippen MR) is 53.9 cm³/mol. The molecule has 0 aliphatic heterocycles. The Hall–Kier alpha value is -1.87. The minimum atomic E-state index is -4.54. The minimum absolute atomic E-state index is 0.0843. The van der Waals surface area contributed by atoms with E-state index < -0.39 is 12.3 Å². The zero-order valence-electron chi connectivity index (χ0n) is 8.74. The van der Waals surface area contributed by atoms with Crippen molar-refractivity contribution in [2.45, 2.75) is 12.3 Å². The molecule has 0 radical (unpaired) electrons. The van der Waals surface area contributed by atoms with Crippen LogP contribution in [-0.4, -0.2) is 17.8 Å². The summed E-state index contributed by atoms with van der Waals surface area (Å²) >= 11 is 0. The third-order valence-corrected chi connectivity index (χ3v) is 1.88. The van der Waals surface area contributed by atoms with Gasteiger partial charge in [0.25, 0.3) is 0 Å². The van der Waals surface area contributed by atoms with Crippen LogP contribution in [0.25, 0.3) is 0 Å². The van der Waals surface area contributed by atoms with Gasteiger partial charge in [-0.3, -0.25) is 0 Å². The van der Waals surface area contributed by atoms with Crippen molar-refractivity contribution in [3.63, 3.8) is 0 Å². The first-order chi connectivity index (χ1) is 7.99. The van der Waals surface area contributed by atoms with Crippen LogP contribution in [0, 0.1) is 11.3 Å². The van der Waals surface area contributed by atoms with Crippen LogP contribution < -0.4 is 0 Å². The molecule has 0 amide bonds. The highest BCUT2D eigenvalue weighted by Crippen LogP contribution is 2.35. The van der Waals surface area contributed by atoms with Gasteiger partial charge in [-0.05, 0) is 17.7 Å². The van der Waals surface area contributed by atoms with E-state index in [4.69, 9.17) is 5.26 Å². The van der Waals surface area contributed by atoms with E-state index in [-0.39, 0.29) is 17.9 Å². The Morgan fingerprint density at radius 3 is 2.82 bits per heavy atom. The number of aromatic nitrogens is 1. The lowest BCUT2D eigenvalue weighted by molar-refractivity contribution is -0.220. The van der Waals surface area contributed by atoms with Crippen LogP contribution >= 0.6 is 0 Å². The Kier molecular flexibility index (Phi) is 4.24. The highest BCUT2D eigenvalue weighted by Gasteiger charge is 2.41. The lowest BCUT2D eigenvalue weighted by Gasteiger charge is -2.20. The molecule has 0 saturated carbocycles. The van der Waals surface area contributed by atoms with Crippen molar-refractivity contribution < 1.29 is 17.9 Å². The summed E-state index contributed by atoms with van der Waals surface area (Å²) in [4.78, 5) is 3.60. The molecule has 1 aromatic heterocycles. The summed E-state index contributed by atoms with van der Waals surface area (Å²) in [5.41, 5.74) is -0.232. The molecule has 90 valence electrons. The SMILES string of the molecule is C=CCOC(c1ccnc(C#N)c1)C(F)(F)F. The molecule has 0 N–H and O–H groups in total. The third-order valence-electron chi connectivity index (χ3n) is 1.88. The van der Waals surface area contributed by atoms with Crippen molar-refractivity contribution >= 4 is 0 Å². The molecule has 1 atom stereocenters. The second kappa shape index (κ2) is 5.46. The molecule has 1 rings (SSSR count). The van der Waals surface area contributed by atoms with Crippen molar-refractivity contribution in [2.75, 3.05) is 6.61 Å². The predicted octanol–water partition coefficient (Wildman–Crippen LogP) is 2.76. The fourth-order valence-electron chi connectivity index (χ4n) is 1.22. The van der Waals surface area contributed by atoms with Crippen LogP contribution in [0.4, 0.5) is 13.2 Å². The number of nitriles is 1. The highest BCUT2D eigenvalue weighted by molar-refractivity contribution is 5.27. The van der Waals surface area contributed by atoms with Gasteiger partial charge in [-0.1, -0.05) is 6.08 Å². The van der Waals surface area contributed by atoms with E-state index in [9.17, 15) is 13.2 Å². The lowest BCUT2D eigenvalue weighted by atomic mass is 10.1. The average Bonchev–Trinajstić information content (AvgIpc) is 2.28. The Morgan fingerprint density at radius 2 is 2.29 bits per heavy atom. The summed E-state index contributed by atoms with van der Waals surface area (Å²) < 4.78 is 42.8. The van der Waals surface area contributed by atoms with Gasteiger partial charge < -0.3 is 4.74 Å². The molecule has 0 spiro atoms. The van der Waals surface area contributed by atoms with Crippen LogP contribution in [-0.2, 0) is 4.74 Å². The Morgan fingerprint density at radius 1 is 1.59 bits per heavy atom. The summed E-state index contributed by atoms with van der Waals surface area (Å²) in [6.07, 6.45) is -4.25. The molecule has 0 bridgehead atoms. The standard InChI is InChI=1S/C11H9F3N2O/c1-2-5-17-10(11(12,13)14)8-3-4-16-9(6-8)7-15/h2-4,6,10H,1,5H2. The van der Waals surface area contributed by atoms with E-state index in [2.05, 4.69) is 16.3 Å². The van der Waals surface area contributed by atoms with Crippen LogP contribution in [0.1, 0.15) is 17.4 Å². The minimum Gasteiger partial charge on any atom is -0.360 e. The molecular formula is C11H9F3N2O. The van der Waals surface area contributed by atoms with E-state index in [1.165, 1.54) is 12.1 Å². The topological polar surface area (TPSA) is 45.9 Å². The molecule has 0 saturated heterocycles. The van der Waals surface area contributed by atoms with Crippen molar-refractivity contribution in [1.82, 2.24) is 4.98 Å². The summed E-state index contributed by atoms with van der Waals surface area (Å²) in [6.45, 7) is 3.06. The van der Waals surface area contributed by atoms with Crippen LogP contribution in [0.15, 0.2) is 31.0 Å². The molecule has 0 aliphatic carbocycles. The smallest absolute Gasteiger partial charge is 0.360 e. The van der Waals surface area contributed by atoms with Crippen LogP contribution in [0.2, 0.25) is 0 Å². The number of hydrogen-bond acceptors (Lipinski definition) is 3. The zero-order chi connectivity index (χ0) is 12.9. The summed E-state index contributed by atoms with van der Waals surface area (Å²) in [7, 11) is 0. The highest BCUT2D eigenvalue weighted by atomic mass is 19.4. The van der Waals surface area contributed by atoms with Crippen LogP contribution in [0.3, 0.4) is 0 Å². The average molecular weight is 242 g/mol. The van der Waals surface area contributed by atoms with Crippen molar-refractivity contribution in [1.29, 1.82) is 5.26 Å². The van der Waals surface area contributed by atoms with Gasteiger partial charge in [0.1, 0.15) is 11.8 Å². The first-order valence-corrected chi connectivity index (χ1v) is 4.64. The molecule has 0 fully saturated rings. The first-order valence-electron chi connectivity index (χ1n) is 4.64. The maximum absolute atomic E-state index is 12.7. The van der Waals surface area contributed by atoms with Gasteiger partial charge in [0.15, 0.2) is 6.10 Å². The summed E-state index contributed by atoms with van der Waals surface area (Å²) in [5, 5.41) is 8.57. The monoisotopic (exact) mass is 242 g/mol. The number of hydrogen-bond donors (Lipinski definition) is 0. The Balaban J connectivity index is 3.04. The lowest BCUT2D eigenvalue weighted by Crippen LogP contribution is -2.24. The Labute approximate surface area is 96.2 Å². The van der Waals surface area contributed by atoms with E-state index in [0.29, 0.717) is 0 Å². The normalized spacial score (nSPS) is 12.8. The number of pyridine rings is 1. The van der Waals surface area contributed by atoms with Gasteiger partial charge in [0.05, 0.1) is 6.61 Å². The fourth-order valence-corrected chi connectivity index (χ4v) is 1.22. The van der Waals surface area contributed by atoms with Gasteiger partial charge in [0, 0.05) is 6.20 Å². The summed E-state index contributed by atoms with van der Waals surface area (Å²) in [6, 6.07) is 3.90. The first kappa shape index (κ1) is 13.2. The van der Waals surface area contributed by atoms with E-state index in [1.54, 1.807) is 6.07 Å². The maximum atomic E-state index is 12.7. The fraction of sp³-hybridized carbons (Fsp3) is 0.273. The van der Waals surface area contributed by atoms with Gasteiger partial charge in [0.2, 0.25) is 0 Å². The van der Waals surface area contributed by atoms with Crippen molar-refractivity contribution in [3.05, 3.63) is 42.2 Å². The quantitative estimate of drug-likeness (QED) is 0.762. The number of alkyl halides is 3. The molecule has 1 heterocycles. The van der Waals surface area contributed by atoms with Gasteiger partial charge in [-0.2, -0.15) is 18.4 Å². The van der Waals surface area contributed by atoms with Gasteiger partial charge >= 0.3 is 6.18 Å². The second-order valence-electron chi connectivity index (χ2n) is 3.13. The van der Waals surface area contributed by atoms with Gasteiger partial charge in [-0.25, -0.2) is 4.98 Å². The van der Waals surface area contributed by atoms with E-state index >= 15 is 0 Å². The molecule has 17 heavy (non-hydrogen) atoms. The number of ether oxygens (including phenoxy) is 1.